The van der Waals surface area contributed by atoms with Crippen molar-refractivity contribution in [2.75, 3.05) is 9.80 Å². The van der Waals surface area contributed by atoms with Crippen molar-refractivity contribution >= 4 is 166 Å². The standard InChI is InChI=1S/C90H56BN7/c1-3-27-57(28-4-1)92-74-41-17-13-37-66(74)68-53-70-86(55-84(68)92)97(82-49-25-23-47-80(82)95-76-43-19-9-33-62(76)63-34-10-20-44-77(63)95)88-51-59(94-72-39-15-7-31-60(72)61-32-8-16-40-73(61)94)52-89-90(88)91(70)71-54-69-67-38-14-18-42-75(67)93(58-29-5-2-6-30-58)85(69)56-87(71)98(89)83-50-26-24-48-81(83)96-78-45-21-11-35-64(78)65-36-12-22-46-79(65)96/h1-56H. The van der Waals surface area contributed by atoms with Crippen LogP contribution in [0.2, 0.25) is 0 Å². The SMILES string of the molecule is c1ccc(-n2c3ccccc3c3cc4c(cc32)N(c2ccccc2-n2c3ccccc3c3ccccc32)c2cc(-n3c5ccccc5c5ccccc53)cc3c2B4c2cc4c5ccccc5n(-c5ccccc5)c4cc2N3c2ccccc2-n2c3ccccc3c3ccccc32)cc1. The molecule has 5 aromatic heterocycles. The lowest BCUT2D eigenvalue weighted by atomic mass is 9.33. The smallest absolute Gasteiger partial charge is 0.252 e. The molecule has 0 atom stereocenters. The summed E-state index contributed by atoms with van der Waals surface area (Å²) in [6, 6.07) is 127. The summed E-state index contributed by atoms with van der Waals surface area (Å²) in [5.74, 6) is 0. The fraction of sp³-hybridized carbons (Fsp3) is 0. The van der Waals surface area contributed by atoms with Crippen molar-refractivity contribution in [1.29, 1.82) is 0 Å². The van der Waals surface area contributed by atoms with E-state index in [0.717, 1.165) is 118 Å². The molecular weight excluding hydrogens is 1190 g/mol. The predicted octanol–water partition coefficient (Wildman–Crippen LogP) is 21.3. The molecule has 0 bridgehead atoms. The predicted molar refractivity (Wildman–Crippen MR) is 412 cm³/mol. The van der Waals surface area contributed by atoms with E-state index >= 15 is 0 Å². The van der Waals surface area contributed by atoms with E-state index in [1.54, 1.807) is 0 Å². The van der Waals surface area contributed by atoms with Gasteiger partial charge in [-0.1, -0.05) is 218 Å². The Bertz CT molecular complexity index is 6270. The molecule has 0 saturated carbocycles. The number of rotatable bonds is 7. The van der Waals surface area contributed by atoms with Crippen molar-refractivity contribution in [2.24, 2.45) is 0 Å². The van der Waals surface area contributed by atoms with Gasteiger partial charge in [0.1, 0.15) is 0 Å². The van der Waals surface area contributed by atoms with E-state index in [9.17, 15) is 0 Å². The average molecular weight is 1250 g/mol. The van der Waals surface area contributed by atoms with Gasteiger partial charge in [-0.2, -0.15) is 0 Å². The normalized spacial score (nSPS) is 12.8. The number of nitrogens with zero attached hydrogens (tertiary/aromatic N) is 7. The molecule has 0 fully saturated rings. The summed E-state index contributed by atoms with van der Waals surface area (Å²) < 4.78 is 12.5. The third-order valence-corrected chi connectivity index (χ3v) is 21.4. The lowest BCUT2D eigenvalue weighted by Crippen LogP contribution is -2.61. The van der Waals surface area contributed by atoms with Gasteiger partial charge in [-0.3, -0.25) is 0 Å². The molecule has 454 valence electrons. The highest BCUT2D eigenvalue weighted by Gasteiger charge is 2.46. The van der Waals surface area contributed by atoms with Crippen molar-refractivity contribution in [1.82, 2.24) is 22.8 Å². The topological polar surface area (TPSA) is 31.1 Å². The van der Waals surface area contributed by atoms with Gasteiger partial charge in [0, 0.05) is 88.0 Å². The fourth-order valence-corrected chi connectivity index (χ4v) is 17.5. The van der Waals surface area contributed by atoms with Crippen LogP contribution in [0.4, 0.5) is 34.1 Å². The van der Waals surface area contributed by atoms with Gasteiger partial charge in [-0.25, -0.2) is 0 Å². The Morgan fingerprint density at radius 3 is 0.745 bits per heavy atom. The Morgan fingerprint density at radius 1 is 0.163 bits per heavy atom. The maximum atomic E-state index is 2.66. The number of hydrogen-bond acceptors (Lipinski definition) is 2. The van der Waals surface area contributed by atoms with Crippen molar-refractivity contribution < 1.29 is 0 Å². The number of anilines is 6. The molecular formula is C90H56BN7. The van der Waals surface area contributed by atoms with Gasteiger partial charge in [0.2, 0.25) is 0 Å². The van der Waals surface area contributed by atoms with Crippen molar-refractivity contribution in [2.45, 2.75) is 0 Å². The quantitative estimate of drug-likeness (QED) is 0.149. The van der Waals surface area contributed by atoms with E-state index < -0.39 is 0 Å². The highest BCUT2D eigenvalue weighted by Crippen LogP contribution is 2.52. The molecule has 0 amide bonds. The van der Waals surface area contributed by atoms with Gasteiger partial charge in [0.25, 0.3) is 6.71 Å². The lowest BCUT2D eigenvalue weighted by molar-refractivity contribution is 1.13. The van der Waals surface area contributed by atoms with Crippen LogP contribution in [0.25, 0.3) is 137 Å². The number of para-hydroxylation sites is 14. The fourth-order valence-electron chi connectivity index (χ4n) is 17.5. The largest absolute Gasteiger partial charge is 0.309 e. The summed E-state index contributed by atoms with van der Waals surface area (Å²) in [5.41, 5.74) is 27.1. The second-order valence-electron chi connectivity index (χ2n) is 26.3. The van der Waals surface area contributed by atoms with Crippen molar-refractivity contribution in [3.63, 3.8) is 0 Å². The van der Waals surface area contributed by atoms with E-state index in [4.69, 9.17) is 0 Å². The zero-order valence-corrected chi connectivity index (χ0v) is 53.0. The molecule has 2 aliphatic heterocycles. The van der Waals surface area contributed by atoms with Crippen LogP contribution >= 0.6 is 0 Å². The van der Waals surface area contributed by atoms with Crippen LogP contribution in [0.5, 0.6) is 0 Å². The van der Waals surface area contributed by atoms with Crippen molar-refractivity contribution in [3.8, 4) is 28.4 Å². The van der Waals surface area contributed by atoms with Crippen LogP contribution in [0.15, 0.2) is 340 Å². The summed E-state index contributed by atoms with van der Waals surface area (Å²) in [6.45, 7) is -0.281. The van der Waals surface area contributed by atoms with Gasteiger partial charge < -0.3 is 32.6 Å². The minimum absolute atomic E-state index is 0.281. The van der Waals surface area contributed by atoms with Crippen LogP contribution in [0.1, 0.15) is 0 Å². The van der Waals surface area contributed by atoms with Gasteiger partial charge in [0.15, 0.2) is 0 Å². The molecule has 22 rings (SSSR count). The van der Waals surface area contributed by atoms with Crippen LogP contribution in [0.3, 0.4) is 0 Å². The molecule has 0 unspecified atom stereocenters. The van der Waals surface area contributed by atoms with Crippen LogP contribution < -0.4 is 26.2 Å². The van der Waals surface area contributed by atoms with E-state index in [2.05, 4.69) is 372 Å². The van der Waals surface area contributed by atoms with Crippen molar-refractivity contribution in [3.05, 3.63) is 340 Å². The zero-order chi connectivity index (χ0) is 63.8. The zero-order valence-electron chi connectivity index (χ0n) is 53.0. The Morgan fingerprint density at radius 2 is 0.418 bits per heavy atom. The Labute approximate surface area is 563 Å². The Hall–Kier alpha value is -13.0. The molecule has 0 N–H and O–H groups in total. The van der Waals surface area contributed by atoms with E-state index in [1.165, 1.54) is 70.3 Å². The van der Waals surface area contributed by atoms with Gasteiger partial charge in [0.05, 0.1) is 83.6 Å². The monoisotopic (exact) mass is 1250 g/mol. The van der Waals surface area contributed by atoms with E-state index in [1.807, 2.05) is 0 Å². The molecule has 0 radical (unpaired) electrons. The summed E-state index contributed by atoms with van der Waals surface area (Å²) in [7, 11) is 0. The highest BCUT2D eigenvalue weighted by molar-refractivity contribution is 7.00. The van der Waals surface area contributed by atoms with Gasteiger partial charge in [-0.15, -0.1) is 0 Å². The first-order valence-electron chi connectivity index (χ1n) is 33.9. The minimum atomic E-state index is -0.281. The van der Waals surface area contributed by atoms with Crippen LogP contribution in [-0.4, -0.2) is 29.5 Å². The average Bonchev–Trinajstić information content (AvgIpc) is 1.03. The molecule has 7 nitrogen and oxygen atoms in total. The molecule has 7 heterocycles. The molecule has 0 aliphatic carbocycles. The number of hydrogen-bond donors (Lipinski definition) is 0. The molecule has 0 saturated heterocycles. The maximum Gasteiger partial charge on any atom is 0.252 e. The maximum absolute atomic E-state index is 2.66. The summed E-state index contributed by atoms with van der Waals surface area (Å²) in [4.78, 5) is 5.32. The second-order valence-corrected chi connectivity index (χ2v) is 26.3. The summed E-state index contributed by atoms with van der Waals surface area (Å²) in [5, 5.41) is 12.1. The summed E-state index contributed by atoms with van der Waals surface area (Å²) >= 11 is 0. The minimum Gasteiger partial charge on any atom is -0.309 e. The first kappa shape index (κ1) is 53.3. The highest BCUT2D eigenvalue weighted by atomic mass is 15.2. The Balaban J connectivity index is 0.951. The Kier molecular flexibility index (Phi) is 11.0. The molecule has 20 aromatic rings. The second kappa shape index (κ2) is 20.2. The molecule has 98 heavy (non-hydrogen) atoms. The molecule has 2 aliphatic rings. The first-order valence-corrected chi connectivity index (χ1v) is 33.9. The molecule has 0 spiro atoms. The molecule has 8 heteroatoms. The third-order valence-electron chi connectivity index (χ3n) is 21.4. The van der Waals surface area contributed by atoms with E-state index in [0.29, 0.717) is 0 Å². The van der Waals surface area contributed by atoms with E-state index in [-0.39, 0.29) is 6.71 Å². The first-order chi connectivity index (χ1) is 48.7. The van der Waals surface area contributed by atoms with Crippen LogP contribution in [0, 0.1) is 0 Å². The van der Waals surface area contributed by atoms with Gasteiger partial charge in [-0.05, 0) is 138 Å². The number of aromatic nitrogens is 5. The lowest BCUT2D eigenvalue weighted by Gasteiger charge is -2.45. The molecule has 15 aromatic carbocycles. The van der Waals surface area contributed by atoms with Crippen LogP contribution in [-0.2, 0) is 0 Å². The number of benzene rings is 15. The summed E-state index contributed by atoms with van der Waals surface area (Å²) in [6.07, 6.45) is 0. The van der Waals surface area contributed by atoms with Gasteiger partial charge >= 0.3 is 0 Å². The third kappa shape index (κ3) is 7.27. The number of fused-ring (bicyclic) bond motifs is 19.